The Morgan fingerprint density at radius 1 is 0.217 bits per heavy atom. The molecule has 0 N–H and O–H groups in total. The van der Waals surface area contributed by atoms with Gasteiger partial charge in [-0.15, -0.1) is 0 Å². The fraction of sp³-hybridized carbons (Fsp3) is 0. The zero-order valence-electron chi connectivity index (χ0n) is 37.6. The first-order valence-electron chi connectivity index (χ1n) is 24.0. The first-order valence-corrected chi connectivity index (χ1v) is 24.0. The maximum atomic E-state index is 2.55. The number of para-hydroxylation sites is 1. The van der Waals surface area contributed by atoms with Gasteiger partial charge in [0.15, 0.2) is 0 Å². The first kappa shape index (κ1) is 38.1. The summed E-state index contributed by atoms with van der Waals surface area (Å²) in [6.07, 6.45) is 0. The average Bonchev–Trinajstić information content (AvgIpc) is 3.78. The van der Waals surface area contributed by atoms with Crippen molar-refractivity contribution in [3.63, 3.8) is 0 Å². The molecule has 1 aromatic heterocycles. The predicted molar refractivity (Wildman–Crippen MR) is 296 cm³/mol. The molecule has 1 nitrogen and oxygen atoms in total. The van der Waals surface area contributed by atoms with Crippen molar-refractivity contribution in [3.05, 3.63) is 249 Å². The lowest BCUT2D eigenvalue weighted by Gasteiger charge is -2.20. The molecule has 0 unspecified atom stereocenters. The minimum atomic E-state index is 1.15. The number of fused-ring (bicyclic) bond motifs is 11. The Hall–Kier alpha value is -9.04. The van der Waals surface area contributed by atoms with Gasteiger partial charge in [-0.3, -0.25) is 0 Å². The second kappa shape index (κ2) is 14.7. The highest BCUT2D eigenvalue weighted by Crippen LogP contribution is 2.50. The molecule has 0 fully saturated rings. The van der Waals surface area contributed by atoms with Crippen molar-refractivity contribution in [3.8, 4) is 50.2 Å². The number of benzene rings is 14. The second-order valence-electron chi connectivity index (χ2n) is 18.7. The quantitative estimate of drug-likeness (QED) is 0.152. The van der Waals surface area contributed by atoms with Crippen molar-refractivity contribution in [1.82, 2.24) is 4.57 Å². The highest BCUT2D eigenvalue weighted by molar-refractivity contribution is 6.39. The predicted octanol–water partition coefficient (Wildman–Crippen LogP) is 19.0. The SMILES string of the molecule is c1ccc(-c2cc(-c3ccccc3)cc(-n3c4ccccc4c4c5cccc6cc(-c7cc8c9ccccc9c(-c9cccc%10ccccc9%10)cc8c8ccccc78)c7cccc(c7c65)c43)c2)cc1. The smallest absolute Gasteiger partial charge is 0.0626 e. The minimum absolute atomic E-state index is 1.15. The van der Waals surface area contributed by atoms with E-state index in [0.717, 1.165) is 5.69 Å². The lowest BCUT2D eigenvalue weighted by atomic mass is 9.83. The van der Waals surface area contributed by atoms with Crippen LogP contribution in [0.2, 0.25) is 0 Å². The Labute approximate surface area is 398 Å². The van der Waals surface area contributed by atoms with E-state index in [1.165, 1.54) is 142 Å². The van der Waals surface area contributed by atoms with Gasteiger partial charge < -0.3 is 4.57 Å². The molecule has 69 heavy (non-hydrogen) atoms. The van der Waals surface area contributed by atoms with Crippen molar-refractivity contribution in [2.75, 3.05) is 0 Å². The summed E-state index contributed by atoms with van der Waals surface area (Å²) in [7, 11) is 0. The van der Waals surface area contributed by atoms with Gasteiger partial charge >= 0.3 is 0 Å². The van der Waals surface area contributed by atoms with Crippen LogP contribution in [0.4, 0.5) is 0 Å². The molecule has 0 saturated carbocycles. The largest absolute Gasteiger partial charge is 0.309 e. The fourth-order valence-electron chi connectivity index (χ4n) is 12.1. The van der Waals surface area contributed by atoms with Crippen molar-refractivity contribution in [2.45, 2.75) is 0 Å². The van der Waals surface area contributed by atoms with Crippen molar-refractivity contribution < 1.29 is 0 Å². The van der Waals surface area contributed by atoms with Gasteiger partial charge in [0.05, 0.1) is 11.0 Å². The van der Waals surface area contributed by atoms with Crippen LogP contribution < -0.4 is 0 Å². The molecular formula is C68H41N. The molecule has 318 valence electrons. The first-order chi connectivity index (χ1) is 34.2. The highest BCUT2D eigenvalue weighted by atomic mass is 15.0. The monoisotopic (exact) mass is 871 g/mol. The van der Waals surface area contributed by atoms with Crippen LogP contribution in [0, 0.1) is 0 Å². The van der Waals surface area contributed by atoms with E-state index in [1.54, 1.807) is 0 Å². The van der Waals surface area contributed by atoms with Gasteiger partial charge in [0, 0.05) is 27.2 Å². The Balaban J connectivity index is 1.05. The molecule has 0 radical (unpaired) electrons. The summed E-state index contributed by atoms with van der Waals surface area (Å²) in [5.41, 5.74) is 13.4. The van der Waals surface area contributed by atoms with E-state index in [2.05, 4.69) is 253 Å². The number of nitrogens with zero attached hydrogens (tertiary/aromatic N) is 1. The van der Waals surface area contributed by atoms with Gasteiger partial charge in [-0.25, -0.2) is 0 Å². The third kappa shape index (κ3) is 5.59. The van der Waals surface area contributed by atoms with Crippen LogP contribution in [0.5, 0.6) is 0 Å². The Kier molecular flexibility index (Phi) is 8.13. The van der Waals surface area contributed by atoms with E-state index in [9.17, 15) is 0 Å². The standard InChI is InChI=1S/C68H41N/c1-3-18-42(19-4-1)46-36-47(43-20-5-2-6-21-43)38-48(37-46)69-64-35-14-13-30-56(64)67-57-33-16-24-45-39-59(55-32-17-34-58(68(67)69)66(55)65(45)57)61-41-63-52-27-10-9-26-51(52)60(40-62(63)54-29-12-11-28-53(54)61)50-31-15-23-44-22-7-8-25-49(44)50/h1-41H. The molecule has 0 saturated heterocycles. The van der Waals surface area contributed by atoms with Gasteiger partial charge in [0.25, 0.3) is 0 Å². The molecule has 0 aliphatic carbocycles. The molecule has 0 bridgehead atoms. The summed E-state index contributed by atoms with van der Waals surface area (Å²) < 4.78 is 2.55. The molecule has 1 heteroatoms. The van der Waals surface area contributed by atoms with Gasteiger partial charge in [0.2, 0.25) is 0 Å². The van der Waals surface area contributed by atoms with Gasteiger partial charge in [-0.1, -0.05) is 206 Å². The fourth-order valence-corrected chi connectivity index (χ4v) is 12.1. The van der Waals surface area contributed by atoms with E-state index in [4.69, 9.17) is 0 Å². The lowest BCUT2D eigenvalue weighted by Crippen LogP contribution is -1.98. The van der Waals surface area contributed by atoms with E-state index < -0.39 is 0 Å². The minimum Gasteiger partial charge on any atom is -0.309 e. The summed E-state index contributed by atoms with van der Waals surface area (Å²) in [4.78, 5) is 0. The maximum Gasteiger partial charge on any atom is 0.0626 e. The van der Waals surface area contributed by atoms with E-state index in [1.807, 2.05) is 0 Å². The van der Waals surface area contributed by atoms with E-state index in [0.29, 0.717) is 0 Å². The van der Waals surface area contributed by atoms with Crippen molar-refractivity contribution in [2.24, 2.45) is 0 Å². The molecule has 0 aliphatic heterocycles. The highest BCUT2D eigenvalue weighted by Gasteiger charge is 2.24. The zero-order chi connectivity index (χ0) is 45.2. The Morgan fingerprint density at radius 3 is 1.39 bits per heavy atom. The normalized spacial score (nSPS) is 12.1. The second-order valence-corrected chi connectivity index (χ2v) is 18.7. The average molecular weight is 872 g/mol. The van der Waals surface area contributed by atoms with Crippen LogP contribution in [0.25, 0.3) is 147 Å². The molecule has 15 aromatic rings. The lowest BCUT2D eigenvalue weighted by molar-refractivity contribution is 1.19. The van der Waals surface area contributed by atoms with Crippen LogP contribution in [-0.4, -0.2) is 4.57 Å². The maximum absolute atomic E-state index is 2.55. The van der Waals surface area contributed by atoms with Crippen LogP contribution in [0.1, 0.15) is 0 Å². The molecule has 0 atom stereocenters. The topological polar surface area (TPSA) is 4.93 Å². The molecule has 0 aliphatic rings. The van der Waals surface area contributed by atoms with Crippen molar-refractivity contribution in [1.29, 1.82) is 0 Å². The third-order valence-electron chi connectivity index (χ3n) is 15.0. The van der Waals surface area contributed by atoms with Crippen LogP contribution in [0.15, 0.2) is 249 Å². The van der Waals surface area contributed by atoms with Gasteiger partial charge in [-0.05, 0) is 152 Å². The van der Waals surface area contributed by atoms with Crippen LogP contribution >= 0.6 is 0 Å². The molecule has 1 heterocycles. The summed E-state index contributed by atoms with van der Waals surface area (Å²) in [5, 5.41) is 20.3. The molecular weight excluding hydrogens is 831 g/mol. The molecule has 0 spiro atoms. The van der Waals surface area contributed by atoms with E-state index >= 15 is 0 Å². The summed E-state index contributed by atoms with van der Waals surface area (Å²) in [6, 6.07) is 92.7. The van der Waals surface area contributed by atoms with Gasteiger partial charge in [0.1, 0.15) is 0 Å². The zero-order valence-corrected chi connectivity index (χ0v) is 37.6. The third-order valence-corrected chi connectivity index (χ3v) is 15.0. The number of aromatic nitrogens is 1. The summed E-state index contributed by atoms with van der Waals surface area (Å²) in [6.45, 7) is 0. The summed E-state index contributed by atoms with van der Waals surface area (Å²) in [5.74, 6) is 0. The number of rotatable bonds is 5. The van der Waals surface area contributed by atoms with Crippen LogP contribution in [-0.2, 0) is 0 Å². The Bertz CT molecular complexity index is 4510. The van der Waals surface area contributed by atoms with Crippen molar-refractivity contribution >= 4 is 97.2 Å². The molecule has 15 rings (SSSR count). The van der Waals surface area contributed by atoms with E-state index in [-0.39, 0.29) is 0 Å². The molecule has 0 amide bonds. The number of hydrogen-bond acceptors (Lipinski definition) is 0. The molecule has 14 aromatic carbocycles. The summed E-state index contributed by atoms with van der Waals surface area (Å²) >= 11 is 0. The van der Waals surface area contributed by atoms with Crippen LogP contribution in [0.3, 0.4) is 0 Å². The Morgan fingerprint density at radius 2 is 0.696 bits per heavy atom. The van der Waals surface area contributed by atoms with Gasteiger partial charge in [-0.2, -0.15) is 0 Å². The number of hydrogen-bond donors (Lipinski definition) is 0.